The van der Waals surface area contributed by atoms with E-state index in [9.17, 15) is 9.18 Å². The number of halogens is 1. The summed E-state index contributed by atoms with van der Waals surface area (Å²) in [5.41, 5.74) is 2.68. The van der Waals surface area contributed by atoms with Crippen LogP contribution < -0.4 is 0 Å². The summed E-state index contributed by atoms with van der Waals surface area (Å²) in [5, 5.41) is 9.15. The van der Waals surface area contributed by atoms with E-state index in [0.29, 0.717) is 54.7 Å². The van der Waals surface area contributed by atoms with Gasteiger partial charge < -0.3 is 19.4 Å². The summed E-state index contributed by atoms with van der Waals surface area (Å²) >= 11 is 0. The number of hydrogen-bond donors (Lipinski definition) is 1. The molecule has 0 saturated carbocycles. The maximum atomic E-state index is 13.9. The van der Waals surface area contributed by atoms with E-state index in [4.69, 9.17) is 14.9 Å². The molecule has 6 nitrogen and oxygen atoms in total. The molecule has 0 saturated heterocycles. The fourth-order valence-electron chi connectivity index (χ4n) is 3.41. The van der Waals surface area contributed by atoms with Gasteiger partial charge in [-0.25, -0.2) is 9.37 Å². The minimum absolute atomic E-state index is 0.0504. The minimum Gasteiger partial charge on any atom is -0.396 e. The van der Waals surface area contributed by atoms with Crippen molar-refractivity contribution in [2.45, 2.75) is 67.1 Å². The standard InChI is InChI=1S/C23H34FN3O2.C2H4O/c1-6-26(12-8-14-28)23(29)21-18(5)25-22(27(21)13-11-16(2)3)20-10-7-9-19(15-20)17(4)24;1-2-3/h7,9-10,15-17,28H,6,8,11-14H2,1-5H3;2H,1H3. The van der Waals surface area contributed by atoms with Crippen LogP contribution in [0.4, 0.5) is 4.39 Å². The highest BCUT2D eigenvalue weighted by Gasteiger charge is 2.25. The quantitative estimate of drug-likeness (QED) is 0.521. The van der Waals surface area contributed by atoms with Gasteiger partial charge in [0.1, 0.15) is 24.0 Å². The lowest BCUT2D eigenvalue weighted by Gasteiger charge is -2.22. The summed E-state index contributed by atoms with van der Waals surface area (Å²) in [6.45, 7) is 12.8. The number of benzene rings is 1. The SMILES string of the molecule is CC=O.CCN(CCCO)C(=O)c1c(C)nc(-c2cccc(C(C)F)c2)n1CCC(C)C. The van der Waals surface area contributed by atoms with Gasteiger partial charge in [-0.3, -0.25) is 4.79 Å². The van der Waals surface area contributed by atoms with Crippen LogP contribution in [-0.4, -0.2) is 51.4 Å². The van der Waals surface area contributed by atoms with Gasteiger partial charge >= 0.3 is 0 Å². The first kappa shape index (κ1) is 27.5. The Morgan fingerprint density at radius 2 is 1.97 bits per heavy atom. The highest BCUT2D eigenvalue weighted by molar-refractivity contribution is 5.94. The van der Waals surface area contributed by atoms with E-state index in [1.54, 1.807) is 11.0 Å². The van der Waals surface area contributed by atoms with Gasteiger partial charge in [-0.05, 0) is 58.1 Å². The van der Waals surface area contributed by atoms with Crippen molar-refractivity contribution in [3.05, 3.63) is 41.2 Å². The van der Waals surface area contributed by atoms with Crippen molar-refractivity contribution in [1.82, 2.24) is 14.5 Å². The zero-order chi connectivity index (χ0) is 24.3. The van der Waals surface area contributed by atoms with Gasteiger partial charge in [0.05, 0.1) is 5.69 Å². The van der Waals surface area contributed by atoms with Gasteiger partial charge in [0.2, 0.25) is 0 Å². The van der Waals surface area contributed by atoms with E-state index >= 15 is 0 Å². The van der Waals surface area contributed by atoms with Crippen molar-refractivity contribution < 1.29 is 19.1 Å². The molecule has 2 rings (SSSR count). The molecule has 1 aromatic heterocycles. The van der Waals surface area contributed by atoms with Crippen LogP contribution in [0.15, 0.2) is 24.3 Å². The monoisotopic (exact) mass is 447 g/mol. The maximum Gasteiger partial charge on any atom is 0.272 e. The van der Waals surface area contributed by atoms with E-state index in [0.717, 1.165) is 18.3 Å². The normalized spacial score (nSPS) is 11.7. The number of hydrogen-bond acceptors (Lipinski definition) is 4. The number of carbonyl (C=O) groups is 2. The molecule has 0 radical (unpaired) electrons. The number of imidazole rings is 1. The second kappa shape index (κ2) is 13.8. The number of nitrogens with zero attached hydrogens (tertiary/aromatic N) is 3. The molecule has 1 atom stereocenters. The summed E-state index contributed by atoms with van der Waals surface area (Å²) in [6, 6.07) is 7.33. The summed E-state index contributed by atoms with van der Waals surface area (Å²) in [4.78, 5) is 28.6. The predicted molar refractivity (Wildman–Crippen MR) is 126 cm³/mol. The maximum absolute atomic E-state index is 13.9. The first-order valence-electron chi connectivity index (χ1n) is 11.3. The van der Waals surface area contributed by atoms with Crippen molar-refractivity contribution >= 4 is 12.2 Å². The topological polar surface area (TPSA) is 75.4 Å². The highest BCUT2D eigenvalue weighted by Crippen LogP contribution is 2.28. The second-order valence-electron chi connectivity index (χ2n) is 8.14. The molecule has 2 aromatic rings. The zero-order valence-corrected chi connectivity index (χ0v) is 20.3. The minimum atomic E-state index is -1.06. The first-order valence-corrected chi connectivity index (χ1v) is 11.3. The lowest BCUT2D eigenvalue weighted by molar-refractivity contribution is -0.106. The van der Waals surface area contributed by atoms with E-state index in [1.165, 1.54) is 13.8 Å². The predicted octanol–water partition coefficient (Wildman–Crippen LogP) is 4.98. The number of rotatable bonds is 10. The smallest absolute Gasteiger partial charge is 0.272 e. The van der Waals surface area contributed by atoms with E-state index in [-0.39, 0.29) is 12.5 Å². The molecule has 0 aliphatic rings. The summed E-state index contributed by atoms with van der Waals surface area (Å²) < 4.78 is 15.8. The number of aldehydes is 1. The van der Waals surface area contributed by atoms with Crippen LogP contribution in [-0.2, 0) is 11.3 Å². The molecule has 0 bridgehead atoms. The Hall–Kier alpha value is -2.54. The van der Waals surface area contributed by atoms with E-state index in [2.05, 4.69) is 13.8 Å². The average molecular weight is 448 g/mol. The third-order valence-corrected chi connectivity index (χ3v) is 5.13. The number of alkyl halides is 1. The molecule has 0 aliphatic carbocycles. The molecular weight excluding hydrogens is 409 g/mol. The Kier molecular flexibility index (Phi) is 11.8. The third kappa shape index (κ3) is 7.55. The summed E-state index contributed by atoms with van der Waals surface area (Å²) in [6.07, 6.45) is 1.14. The molecule has 1 amide bonds. The van der Waals surface area contributed by atoms with Gasteiger partial charge in [-0.2, -0.15) is 0 Å². The van der Waals surface area contributed by atoms with Gasteiger partial charge in [-0.15, -0.1) is 0 Å². The van der Waals surface area contributed by atoms with Gasteiger partial charge in [0.25, 0.3) is 5.91 Å². The van der Waals surface area contributed by atoms with Crippen LogP contribution in [0, 0.1) is 12.8 Å². The van der Waals surface area contributed by atoms with Crippen LogP contribution in [0.25, 0.3) is 11.4 Å². The molecule has 1 aromatic carbocycles. The van der Waals surface area contributed by atoms with Crippen molar-refractivity contribution in [1.29, 1.82) is 0 Å². The molecule has 1 heterocycles. The molecule has 0 aliphatic heterocycles. The molecule has 0 spiro atoms. The lowest BCUT2D eigenvalue weighted by Crippen LogP contribution is -2.34. The number of aryl methyl sites for hydroxylation is 1. The Labute approximate surface area is 191 Å². The van der Waals surface area contributed by atoms with Gasteiger partial charge in [0.15, 0.2) is 0 Å². The highest BCUT2D eigenvalue weighted by atomic mass is 19.1. The fraction of sp³-hybridized carbons (Fsp3) is 0.560. The molecule has 1 unspecified atom stereocenters. The molecular formula is C25H38FN3O3. The van der Waals surface area contributed by atoms with Crippen LogP contribution in [0.5, 0.6) is 0 Å². The molecule has 32 heavy (non-hydrogen) atoms. The van der Waals surface area contributed by atoms with Crippen LogP contribution in [0.3, 0.4) is 0 Å². The fourth-order valence-corrected chi connectivity index (χ4v) is 3.41. The number of carbonyl (C=O) groups excluding carboxylic acids is 2. The second-order valence-corrected chi connectivity index (χ2v) is 8.14. The van der Waals surface area contributed by atoms with Gasteiger partial charge in [-0.1, -0.05) is 32.0 Å². The zero-order valence-electron chi connectivity index (χ0n) is 20.3. The largest absolute Gasteiger partial charge is 0.396 e. The number of aromatic nitrogens is 2. The molecule has 178 valence electrons. The van der Waals surface area contributed by atoms with Crippen LogP contribution >= 0.6 is 0 Å². The van der Waals surface area contributed by atoms with Crippen molar-refractivity contribution in [3.8, 4) is 11.4 Å². The van der Waals surface area contributed by atoms with Crippen molar-refractivity contribution in [3.63, 3.8) is 0 Å². The Balaban J connectivity index is 0.00000161. The Bertz CT molecular complexity index is 862. The van der Waals surface area contributed by atoms with Crippen LogP contribution in [0.1, 0.15) is 75.4 Å². The molecule has 1 N–H and O–H groups in total. The number of amides is 1. The third-order valence-electron chi connectivity index (χ3n) is 5.13. The Morgan fingerprint density at radius 3 is 2.50 bits per heavy atom. The molecule has 7 heteroatoms. The summed E-state index contributed by atoms with van der Waals surface area (Å²) in [5.74, 6) is 1.10. The molecule has 0 fully saturated rings. The van der Waals surface area contributed by atoms with Crippen molar-refractivity contribution in [2.75, 3.05) is 19.7 Å². The average Bonchev–Trinajstić information content (AvgIpc) is 3.09. The van der Waals surface area contributed by atoms with E-state index < -0.39 is 6.17 Å². The first-order chi connectivity index (χ1) is 15.2. The number of aliphatic hydroxyl groups excluding tert-OH is 1. The van der Waals surface area contributed by atoms with Crippen molar-refractivity contribution in [2.24, 2.45) is 5.92 Å². The Morgan fingerprint density at radius 1 is 1.31 bits per heavy atom. The van der Waals surface area contributed by atoms with E-state index in [1.807, 2.05) is 36.6 Å². The number of aliphatic hydroxyl groups is 1. The van der Waals surface area contributed by atoms with Crippen LogP contribution in [0.2, 0.25) is 0 Å². The summed E-state index contributed by atoms with van der Waals surface area (Å²) in [7, 11) is 0. The van der Waals surface area contributed by atoms with Gasteiger partial charge in [0, 0.05) is 31.8 Å². The lowest BCUT2D eigenvalue weighted by atomic mass is 10.1.